The Morgan fingerprint density at radius 2 is 2.00 bits per heavy atom. The summed E-state index contributed by atoms with van der Waals surface area (Å²) in [5, 5.41) is 18.7. The molecule has 1 amide bonds. The maximum atomic E-state index is 12.6. The van der Waals surface area contributed by atoms with Crippen molar-refractivity contribution in [3.8, 4) is 0 Å². The van der Waals surface area contributed by atoms with Crippen molar-refractivity contribution in [2.24, 2.45) is 5.92 Å². The summed E-state index contributed by atoms with van der Waals surface area (Å²) in [4.78, 5) is 14.2. The van der Waals surface area contributed by atoms with Crippen LogP contribution in [0.4, 0.5) is 0 Å². The zero-order valence-corrected chi connectivity index (χ0v) is 11.8. The summed E-state index contributed by atoms with van der Waals surface area (Å²) in [5.41, 5.74) is 0.171. The Bertz CT molecular complexity index is 642. The number of hydrogen-bond donors (Lipinski definition) is 2. The molecule has 20 heavy (non-hydrogen) atoms. The highest BCUT2D eigenvalue weighted by Gasteiger charge is 2.58. The number of carbonyl (C=O) groups is 1. The van der Waals surface area contributed by atoms with E-state index in [0.29, 0.717) is 0 Å². The molecule has 2 heterocycles. The van der Waals surface area contributed by atoms with Crippen LogP contribution in [0.2, 0.25) is 0 Å². The van der Waals surface area contributed by atoms with Crippen LogP contribution in [0.5, 0.6) is 0 Å². The molecule has 2 aliphatic heterocycles. The van der Waals surface area contributed by atoms with Crippen molar-refractivity contribution in [2.75, 3.05) is 0 Å². The number of nitrogens with zero attached hydrogens (tertiary/aromatic N) is 1. The van der Waals surface area contributed by atoms with Gasteiger partial charge >= 0.3 is 0 Å². The second-order valence-corrected chi connectivity index (χ2v) is 6.18. The molecule has 2 unspecified atom stereocenters. The summed E-state index contributed by atoms with van der Waals surface area (Å²) >= 11 is 0. The molecule has 0 aliphatic carbocycles. The van der Waals surface area contributed by atoms with Crippen LogP contribution < -0.4 is 0 Å². The van der Waals surface area contributed by atoms with Crippen LogP contribution in [-0.4, -0.2) is 27.2 Å². The molecule has 4 nitrogen and oxygen atoms in total. The van der Waals surface area contributed by atoms with Crippen molar-refractivity contribution in [3.63, 3.8) is 0 Å². The fraction of sp³-hybridized carbons (Fsp3) is 0.375. The second-order valence-electron chi connectivity index (χ2n) is 6.18. The zero-order valence-electron chi connectivity index (χ0n) is 11.8. The molecule has 0 saturated carbocycles. The predicted octanol–water partition coefficient (Wildman–Crippen LogP) is 2.14. The fourth-order valence-electron chi connectivity index (χ4n) is 3.29. The van der Waals surface area contributed by atoms with Gasteiger partial charge in [0.05, 0.1) is 11.3 Å². The van der Waals surface area contributed by atoms with Gasteiger partial charge in [-0.05, 0) is 38.0 Å². The predicted molar refractivity (Wildman–Crippen MR) is 77.2 cm³/mol. The van der Waals surface area contributed by atoms with Gasteiger partial charge in [-0.15, -0.1) is 0 Å². The Labute approximate surface area is 118 Å². The Balaban J connectivity index is 2.22. The van der Waals surface area contributed by atoms with Crippen LogP contribution in [0.25, 0.3) is 6.08 Å². The Hall–Kier alpha value is -1.94. The van der Waals surface area contributed by atoms with E-state index < -0.39 is 17.1 Å². The summed E-state index contributed by atoms with van der Waals surface area (Å²) < 4.78 is 0. The number of aliphatic hydroxyl groups is 1. The first-order valence-electron chi connectivity index (χ1n) is 6.70. The highest BCUT2D eigenvalue weighted by Crippen LogP contribution is 2.46. The molecule has 104 valence electrons. The molecule has 2 aliphatic rings. The lowest BCUT2D eigenvalue weighted by Crippen LogP contribution is -2.43. The van der Waals surface area contributed by atoms with Gasteiger partial charge in [0.2, 0.25) is 5.91 Å². The maximum Gasteiger partial charge on any atom is 0.239 e. The molecular weight excluding hydrogens is 252 g/mol. The molecule has 0 bridgehead atoms. The van der Waals surface area contributed by atoms with Gasteiger partial charge < -0.3 is 15.4 Å². The summed E-state index contributed by atoms with van der Waals surface area (Å²) in [6.07, 6.45) is 3.61. The minimum absolute atomic E-state index is 0.212. The van der Waals surface area contributed by atoms with Gasteiger partial charge in [-0.3, -0.25) is 4.79 Å². The summed E-state index contributed by atoms with van der Waals surface area (Å²) in [6, 6.07) is 7.77. The van der Waals surface area contributed by atoms with E-state index in [2.05, 4.69) is 0 Å². The summed E-state index contributed by atoms with van der Waals surface area (Å²) in [5.74, 6) is -1.01. The third-order valence-corrected chi connectivity index (χ3v) is 4.37. The van der Waals surface area contributed by atoms with Crippen molar-refractivity contribution in [1.29, 1.82) is 5.41 Å². The molecular formula is C16H18N2O2. The number of nitrogens with one attached hydrogen (secondary N) is 1. The molecule has 1 aromatic carbocycles. The Morgan fingerprint density at radius 1 is 1.35 bits per heavy atom. The first kappa shape index (κ1) is 13.1. The molecule has 0 radical (unpaired) electrons. The van der Waals surface area contributed by atoms with Gasteiger partial charge in [-0.2, -0.15) is 0 Å². The van der Waals surface area contributed by atoms with Crippen molar-refractivity contribution in [2.45, 2.75) is 31.9 Å². The van der Waals surface area contributed by atoms with Gasteiger partial charge in [0.25, 0.3) is 0 Å². The van der Waals surface area contributed by atoms with Crippen molar-refractivity contribution < 1.29 is 9.90 Å². The van der Waals surface area contributed by atoms with Crippen LogP contribution in [0, 0.1) is 11.3 Å². The smallest absolute Gasteiger partial charge is 0.239 e. The number of rotatable bonds is 1. The van der Waals surface area contributed by atoms with Crippen molar-refractivity contribution in [1.82, 2.24) is 4.90 Å². The van der Waals surface area contributed by atoms with E-state index in [-0.39, 0.29) is 11.6 Å². The van der Waals surface area contributed by atoms with Crippen molar-refractivity contribution >= 4 is 17.7 Å². The quantitative estimate of drug-likeness (QED) is 0.821. The largest absolute Gasteiger partial charge is 0.389 e. The van der Waals surface area contributed by atoms with Crippen LogP contribution in [0.3, 0.4) is 0 Å². The van der Waals surface area contributed by atoms with E-state index in [9.17, 15) is 9.90 Å². The molecule has 2 atom stereocenters. The number of amides is 1. The third-order valence-electron chi connectivity index (χ3n) is 4.37. The molecule has 3 rings (SSSR count). The maximum absolute atomic E-state index is 12.6. The highest BCUT2D eigenvalue weighted by atomic mass is 16.3. The fourth-order valence-corrected chi connectivity index (χ4v) is 3.29. The van der Waals surface area contributed by atoms with Crippen LogP contribution >= 0.6 is 0 Å². The van der Waals surface area contributed by atoms with Crippen LogP contribution in [0.15, 0.2) is 30.5 Å². The van der Waals surface area contributed by atoms with E-state index in [4.69, 9.17) is 5.41 Å². The van der Waals surface area contributed by atoms with Crippen molar-refractivity contribution in [3.05, 3.63) is 41.6 Å². The highest BCUT2D eigenvalue weighted by molar-refractivity contribution is 6.16. The average Bonchev–Trinajstić information content (AvgIpc) is 2.57. The molecule has 4 heteroatoms. The van der Waals surface area contributed by atoms with Gasteiger partial charge in [0.15, 0.2) is 0 Å². The first-order chi connectivity index (χ1) is 9.28. The normalized spacial score (nSPS) is 28.6. The minimum Gasteiger partial charge on any atom is -0.389 e. The van der Waals surface area contributed by atoms with Gasteiger partial charge in [-0.1, -0.05) is 24.3 Å². The second kappa shape index (κ2) is 3.79. The number of carbonyl (C=O) groups excluding carboxylic acids is 1. The monoisotopic (exact) mass is 270 g/mol. The average molecular weight is 270 g/mol. The van der Waals surface area contributed by atoms with E-state index in [1.54, 1.807) is 24.9 Å². The third kappa shape index (κ3) is 1.45. The van der Waals surface area contributed by atoms with E-state index >= 15 is 0 Å². The lowest BCUT2D eigenvalue weighted by atomic mass is 9.77. The SMILES string of the molecule is CC(C)(O)C1C(=N)C2(C)c3ccccc3C=CN2C1=O. The van der Waals surface area contributed by atoms with Gasteiger partial charge in [-0.25, -0.2) is 0 Å². The molecule has 0 aromatic heterocycles. The Morgan fingerprint density at radius 3 is 2.65 bits per heavy atom. The lowest BCUT2D eigenvalue weighted by Gasteiger charge is -2.37. The van der Waals surface area contributed by atoms with E-state index in [1.165, 1.54) is 0 Å². The molecule has 1 fully saturated rings. The number of fused-ring (bicyclic) bond motifs is 3. The van der Waals surface area contributed by atoms with E-state index in [1.807, 2.05) is 37.3 Å². The number of hydrogen-bond acceptors (Lipinski definition) is 3. The molecule has 2 N–H and O–H groups in total. The van der Waals surface area contributed by atoms with Crippen LogP contribution in [0.1, 0.15) is 31.9 Å². The van der Waals surface area contributed by atoms with Gasteiger partial charge in [0.1, 0.15) is 11.5 Å². The molecule has 0 spiro atoms. The first-order valence-corrected chi connectivity index (χ1v) is 6.70. The minimum atomic E-state index is -1.24. The molecule has 1 saturated heterocycles. The zero-order chi connectivity index (χ0) is 14.7. The van der Waals surface area contributed by atoms with E-state index in [0.717, 1.165) is 11.1 Å². The summed E-state index contributed by atoms with van der Waals surface area (Å²) in [6.45, 7) is 5.05. The lowest BCUT2D eigenvalue weighted by molar-refractivity contribution is -0.135. The van der Waals surface area contributed by atoms with Crippen LogP contribution in [-0.2, 0) is 10.3 Å². The standard InChI is InChI=1S/C16H18N2O2/c1-15(2,20)12-13(17)16(3)11-7-5-4-6-10(11)8-9-18(16)14(12)19/h4-9,12,17,20H,1-3H3. The topological polar surface area (TPSA) is 64.4 Å². The molecule has 1 aromatic rings. The van der Waals surface area contributed by atoms with Gasteiger partial charge in [0, 0.05) is 6.20 Å². The Kier molecular flexibility index (Phi) is 2.48. The number of benzene rings is 1. The summed E-state index contributed by atoms with van der Waals surface area (Å²) in [7, 11) is 0.